The van der Waals surface area contributed by atoms with Gasteiger partial charge in [-0.25, -0.2) is 0 Å². The van der Waals surface area contributed by atoms with E-state index in [0.29, 0.717) is 41.9 Å². The normalized spacial score (nSPS) is 10.3. The van der Waals surface area contributed by atoms with Gasteiger partial charge < -0.3 is 15.1 Å². The molecule has 0 aliphatic rings. The first-order valence-electron chi connectivity index (χ1n) is 9.63. The van der Waals surface area contributed by atoms with E-state index in [1.165, 1.54) is 0 Å². The number of rotatable bonds is 7. The first kappa shape index (κ1) is 20.9. The maximum atomic E-state index is 10.5. The Balaban J connectivity index is 1.97. The molecular weight excluding hydrogens is 376 g/mol. The summed E-state index contributed by atoms with van der Waals surface area (Å²) in [6.07, 6.45) is 2.27. The molecule has 150 valence electrons. The third kappa shape index (κ3) is 4.57. The quantitative estimate of drug-likeness (QED) is 0.627. The van der Waals surface area contributed by atoms with Gasteiger partial charge in [0.05, 0.1) is 35.6 Å². The molecule has 0 amide bonds. The van der Waals surface area contributed by atoms with Gasteiger partial charge in [-0.05, 0) is 53.9 Å². The van der Waals surface area contributed by atoms with E-state index in [1.54, 1.807) is 30.5 Å². The van der Waals surface area contributed by atoms with Gasteiger partial charge in [-0.1, -0.05) is 19.1 Å². The smallest absolute Gasteiger partial charge is 0.142 e. The Hall–Kier alpha value is -3.87. The van der Waals surface area contributed by atoms with Crippen molar-refractivity contribution in [3.63, 3.8) is 0 Å². The van der Waals surface area contributed by atoms with E-state index in [0.717, 1.165) is 16.8 Å². The minimum Gasteiger partial charge on any atom is -0.506 e. The molecule has 30 heavy (non-hydrogen) atoms. The predicted octanol–water partition coefficient (Wildman–Crippen LogP) is 3.79. The van der Waals surface area contributed by atoms with Crippen molar-refractivity contribution in [2.24, 2.45) is 0 Å². The lowest BCUT2D eigenvalue weighted by atomic mass is 10.1. The molecule has 0 saturated carbocycles. The number of nitriles is 2. The van der Waals surface area contributed by atoms with Gasteiger partial charge in [0.2, 0.25) is 0 Å². The van der Waals surface area contributed by atoms with Crippen LogP contribution in [0.4, 0.5) is 5.69 Å². The number of hydrogen-bond acceptors (Lipinski definition) is 6. The summed E-state index contributed by atoms with van der Waals surface area (Å²) in [5.41, 5.74) is 4.81. The van der Waals surface area contributed by atoms with Gasteiger partial charge in [0.25, 0.3) is 0 Å². The summed E-state index contributed by atoms with van der Waals surface area (Å²) in [6.45, 7) is 2.57. The summed E-state index contributed by atoms with van der Waals surface area (Å²) in [5.74, 6) is 0.0376. The van der Waals surface area contributed by atoms with Crippen LogP contribution in [-0.4, -0.2) is 15.2 Å². The van der Waals surface area contributed by atoms with Crippen LogP contribution in [0.25, 0.3) is 0 Å². The zero-order valence-corrected chi connectivity index (χ0v) is 16.7. The Labute approximate surface area is 175 Å². The summed E-state index contributed by atoms with van der Waals surface area (Å²) >= 11 is 0. The monoisotopic (exact) mass is 398 g/mol. The van der Waals surface area contributed by atoms with Crippen molar-refractivity contribution in [3.05, 3.63) is 88.2 Å². The molecule has 6 nitrogen and oxygen atoms in total. The van der Waals surface area contributed by atoms with Crippen LogP contribution >= 0.6 is 0 Å². The van der Waals surface area contributed by atoms with E-state index >= 15 is 0 Å². The molecule has 0 aliphatic heterocycles. The number of aryl methyl sites for hydroxylation is 1. The van der Waals surface area contributed by atoms with Gasteiger partial charge in [-0.2, -0.15) is 10.5 Å². The summed E-state index contributed by atoms with van der Waals surface area (Å²) in [7, 11) is 0. The number of nitrogens with zero attached hydrogens (tertiary/aromatic N) is 4. The highest BCUT2D eigenvalue weighted by molar-refractivity contribution is 5.52. The van der Waals surface area contributed by atoms with Crippen LogP contribution in [0.15, 0.2) is 54.7 Å². The van der Waals surface area contributed by atoms with Gasteiger partial charge in [-0.3, -0.25) is 4.98 Å². The molecule has 2 N–H and O–H groups in total. The highest BCUT2D eigenvalue weighted by atomic mass is 16.3. The molecule has 6 heteroatoms. The molecule has 0 saturated heterocycles. The zero-order chi connectivity index (χ0) is 21.5. The second kappa shape index (κ2) is 9.56. The second-order valence-corrected chi connectivity index (χ2v) is 6.89. The van der Waals surface area contributed by atoms with Crippen LogP contribution in [0.3, 0.4) is 0 Å². The van der Waals surface area contributed by atoms with Gasteiger partial charge in [0.15, 0.2) is 0 Å². The van der Waals surface area contributed by atoms with Gasteiger partial charge in [-0.15, -0.1) is 0 Å². The number of aliphatic hydroxyl groups is 1. The number of hydrogen-bond donors (Lipinski definition) is 2. The topological polar surface area (TPSA) is 104 Å². The number of benzene rings is 2. The van der Waals surface area contributed by atoms with Crippen molar-refractivity contribution in [3.8, 4) is 17.9 Å². The molecule has 0 unspecified atom stereocenters. The van der Waals surface area contributed by atoms with Crippen LogP contribution in [0.1, 0.15) is 40.4 Å². The fraction of sp³-hybridized carbons (Fsp3) is 0.208. The average molecular weight is 398 g/mol. The van der Waals surface area contributed by atoms with E-state index in [2.05, 4.69) is 22.0 Å². The zero-order valence-electron chi connectivity index (χ0n) is 16.7. The minimum atomic E-state index is -0.283. The molecule has 1 heterocycles. The third-order valence-electron chi connectivity index (χ3n) is 5.00. The molecule has 2 aromatic carbocycles. The summed E-state index contributed by atoms with van der Waals surface area (Å²) in [4.78, 5) is 6.42. The molecule has 0 bridgehead atoms. The standard InChI is InChI=1S/C24H22N4O2/c1-2-23-24(30)22(16-29)20(13-27-23)15-28(21-9-7-18(12-26)8-10-21)14-19-5-3-17(11-25)4-6-19/h3-10,13,29-30H,2,14-16H2,1H3. The SMILES string of the molecule is CCc1ncc(CN(Cc2ccc(C#N)cc2)c2ccc(C#N)cc2)c(CO)c1O. The number of aromatic hydroxyl groups is 1. The summed E-state index contributed by atoms with van der Waals surface area (Å²) < 4.78 is 0. The van der Waals surface area contributed by atoms with Gasteiger partial charge in [0.1, 0.15) is 5.75 Å². The van der Waals surface area contributed by atoms with Crippen molar-refractivity contribution in [1.82, 2.24) is 4.98 Å². The highest BCUT2D eigenvalue weighted by Crippen LogP contribution is 2.28. The molecule has 0 fully saturated rings. The Kier molecular flexibility index (Phi) is 6.64. The Morgan fingerprint density at radius 2 is 1.53 bits per heavy atom. The maximum Gasteiger partial charge on any atom is 0.142 e. The molecule has 3 rings (SSSR count). The van der Waals surface area contributed by atoms with E-state index in [4.69, 9.17) is 10.5 Å². The summed E-state index contributed by atoms with van der Waals surface area (Å²) in [5, 5.41) is 38.4. The lowest BCUT2D eigenvalue weighted by molar-refractivity contribution is 0.273. The van der Waals surface area contributed by atoms with Crippen LogP contribution in [0.2, 0.25) is 0 Å². The lowest BCUT2D eigenvalue weighted by Gasteiger charge is -2.26. The Morgan fingerprint density at radius 3 is 2.07 bits per heavy atom. The number of pyridine rings is 1. The average Bonchev–Trinajstić information content (AvgIpc) is 2.79. The Morgan fingerprint density at radius 1 is 0.933 bits per heavy atom. The van der Waals surface area contributed by atoms with Crippen LogP contribution in [0, 0.1) is 22.7 Å². The van der Waals surface area contributed by atoms with Gasteiger partial charge in [0, 0.05) is 30.5 Å². The fourth-order valence-electron chi connectivity index (χ4n) is 3.29. The molecule has 0 spiro atoms. The first-order valence-corrected chi connectivity index (χ1v) is 9.63. The molecular formula is C24H22N4O2. The summed E-state index contributed by atoms with van der Waals surface area (Å²) in [6, 6.07) is 18.8. The maximum absolute atomic E-state index is 10.5. The van der Waals surface area contributed by atoms with Gasteiger partial charge >= 0.3 is 0 Å². The van der Waals surface area contributed by atoms with Crippen LogP contribution in [-0.2, 0) is 26.1 Å². The molecule has 0 aliphatic carbocycles. The van der Waals surface area contributed by atoms with E-state index in [9.17, 15) is 10.2 Å². The molecule has 0 atom stereocenters. The van der Waals surface area contributed by atoms with Crippen molar-refractivity contribution in [1.29, 1.82) is 10.5 Å². The highest BCUT2D eigenvalue weighted by Gasteiger charge is 2.16. The first-order chi connectivity index (χ1) is 14.6. The van der Waals surface area contributed by atoms with Crippen LogP contribution < -0.4 is 4.90 Å². The molecule has 0 radical (unpaired) electrons. The van der Waals surface area contributed by atoms with Crippen molar-refractivity contribution in [2.45, 2.75) is 33.0 Å². The molecule has 1 aromatic heterocycles. The number of anilines is 1. The van der Waals surface area contributed by atoms with Crippen molar-refractivity contribution in [2.75, 3.05) is 4.90 Å². The fourth-order valence-corrected chi connectivity index (χ4v) is 3.29. The largest absolute Gasteiger partial charge is 0.506 e. The van der Waals surface area contributed by atoms with Crippen molar-refractivity contribution >= 4 is 5.69 Å². The van der Waals surface area contributed by atoms with Crippen molar-refractivity contribution < 1.29 is 10.2 Å². The van der Waals surface area contributed by atoms with Crippen LogP contribution in [0.5, 0.6) is 5.75 Å². The predicted molar refractivity (Wildman–Crippen MR) is 113 cm³/mol. The third-order valence-corrected chi connectivity index (χ3v) is 5.00. The second-order valence-electron chi connectivity index (χ2n) is 6.89. The lowest BCUT2D eigenvalue weighted by Crippen LogP contribution is -2.23. The molecule has 3 aromatic rings. The minimum absolute atomic E-state index is 0.0376. The van der Waals surface area contributed by atoms with E-state index in [1.807, 2.05) is 31.2 Å². The Bertz CT molecular complexity index is 1090. The number of aliphatic hydroxyl groups excluding tert-OH is 1. The number of aromatic nitrogens is 1. The van der Waals surface area contributed by atoms with E-state index < -0.39 is 0 Å². The van der Waals surface area contributed by atoms with E-state index in [-0.39, 0.29) is 12.4 Å².